The van der Waals surface area contributed by atoms with Gasteiger partial charge in [0.25, 0.3) is 0 Å². The number of hydrogen-bond acceptors (Lipinski definition) is 7. The van der Waals surface area contributed by atoms with Gasteiger partial charge >= 0.3 is 24.3 Å². The van der Waals surface area contributed by atoms with Crippen molar-refractivity contribution in [1.82, 2.24) is 13.7 Å². The number of fused-ring (bicyclic) bond motifs is 9. The van der Waals surface area contributed by atoms with Crippen LogP contribution in [-0.2, 0) is 48.0 Å². The number of carboxylic acids is 2. The van der Waals surface area contributed by atoms with Crippen LogP contribution < -0.4 is 26.7 Å². The Morgan fingerprint density at radius 2 is 0.819 bits per heavy atom. The molecule has 3 amide bonds. The molecule has 3 aromatic heterocycles. The molecule has 0 unspecified atom stereocenters. The molecule has 13 aromatic rings. The van der Waals surface area contributed by atoms with Crippen molar-refractivity contribution in [2.24, 2.45) is 17.2 Å². The van der Waals surface area contributed by atoms with Crippen LogP contribution >= 0.6 is 0 Å². The number of primary amides is 3. The van der Waals surface area contributed by atoms with Crippen LogP contribution in [0, 0.1) is 6.07 Å². The van der Waals surface area contributed by atoms with Gasteiger partial charge in [0.1, 0.15) is 11.5 Å². The maximum absolute atomic E-state index is 13.6. The normalized spacial score (nSPS) is 11.6. The molecule has 473 valence electrons. The lowest BCUT2D eigenvalue weighted by Gasteiger charge is -2.15. The van der Waals surface area contributed by atoms with E-state index in [0.29, 0.717) is 72.3 Å². The summed E-state index contributed by atoms with van der Waals surface area (Å²) in [4.78, 5) is 58.5. The zero-order valence-electron chi connectivity index (χ0n) is 49.5. The van der Waals surface area contributed by atoms with Crippen LogP contribution in [0.2, 0.25) is 0 Å². The van der Waals surface area contributed by atoms with Crippen LogP contribution in [0.5, 0.6) is 11.5 Å². The van der Waals surface area contributed by atoms with Gasteiger partial charge in [-0.15, -0.1) is 0 Å². The SMILES string of the molecule is NC(=O)c1cccc2c1c1[c]cccc1n2Cc1cccc(C(F)(F)F)c1.NC(=O)c1cccc2c1c1c(OCC(=O)O)cccc1n2Cc1ccccc1C(F)(F)F.NC(=O)c1cccc2c1c1c(OCC(=O)O)cccc1n2Cc1ccccc1Cc1ccccc1. The van der Waals surface area contributed by atoms with Crippen molar-refractivity contribution in [3.63, 3.8) is 0 Å². The molecule has 0 aliphatic carbocycles. The highest BCUT2D eigenvalue weighted by molar-refractivity contribution is 6.21. The Morgan fingerprint density at radius 1 is 0.404 bits per heavy atom. The van der Waals surface area contributed by atoms with E-state index in [-0.39, 0.29) is 30.0 Å². The van der Waals surface area contributed by atoms with Crippen LogP contribution in [0.15, 0.2) is 212 Å². The molecule has 0 bridgehead atoms. The zero-order valence-corrected chi connectivity index (χ0v) is 49.5. The lowest BCUT2D eigenvalue weighted by atomic mass is 9.99. The van der Waals surface area contributed by atoms with E-state index in [1.807, 2.05) is 71.3 Å². The second-order valence-electron chi connectivity index (χ2n) is 21.8. The van der Waals surface area contributed by atoms with Crippen molar-refractivity contribution in [3.8, 4) is 11.5 Å². The van der Waals surface area contributed by atoms with Gasteiger partial charge < -0.3 is 50.6 Å². The fraction of sp³-hybridized carbons (Fsp3) is 0.110. The summed E-state index contributed by atoms with van der Waals surface area (Å²) in [6, 6.07) is 63.3. The number of ether oxygens (including phenoxy) is 2. The van der Waals surface area contributed by atoms with E-state index in [0.717, 1.165) is 52.3 Å². The van der Waals surface area contributed by atoms with Gasteiger partial charge in [0.2, 0.25) is 17.7 Å². The van der Waals surface area contributed by atoms with Crippen LogP contribution in [0.3, 0.4) is 0 Å². The fourth-order valence-electron chi connectivity index (χ4n) is 12.0. The van der Waals surface area contributed by atoms with Gasteiger partial charge in [0, 0.05) is 57.9 Å². The molecule has 0 aliphatic heterocycles. The number of nitrogens with zero attached hydrogens (tertiary/aromatic N) is 3. The summed E-state index contributed by atoms with van der Waals surface area (Å²) < 4.78 is 96.5. The summed E-state index contributed by atoms with van der Waals surface area (Å²) in [6.07, 6.45) is -8.14. The van der Waals surface area contributed by atoms with Crippen molar-refractivity contribution >= 4 is 95.1 Å². The highest BCUT2D eigenvalue weighted by Crippen LogP contribution is 2.42. The number of benzene rings is 10. The van der Waals surface area contributed by atoms with Gasteiger partial charge in [-0.2, -0.15) is 26.3 Å². The molecule has 8 N–H and O–H groups in total. The number of halogens is 6. The van der Waals surface area contributed by atoms with Gasteiger partial charge in [-0.25, -0.2) is 9.59 Å². The first-order valence-corrected chi connectivity index (χ1v) is 29.1. The number of amides is 3. The molecule has 15 nitrogen and oxygen atoms in total. The zero-order chi connectivity index (χ0) is 66.6. The molecule has 0 spiro atoms. The number of rotatable bonds is 17. The molecule has 0 fully saturated rings. The fourth-order valence-corrected chi connectivity index (χ4v) is 12.0. The molecule has 13 rings (SSSR count). The highest BCUT2D eigenvalue weighted by Gasteiger charge is 2.34. The van der Waals surface area contributed by atoms with E-state index in [1.165, 1.54) is 47.5 Å². The van der Waals surface area contributed by atoms with E-state index in [1.54, 1.807) is 71.3 Å². The second kappa shape index (κ2) is 26.5. The van der Waals surface area contributed by atoms with E-state index >= 15 is 0 Å². The summed E-state index contributed by atoms with van der Waals surface area (Å²) >= 11 is 0. The Bertz CT molecular complexity index is 5090. The molecule has 0 atom stereocenters. The van der Waals surface area contributed by atoms with Crippen LogP contribution in [-0.4, -0.2) is 66.8 Å². The third-order valence-electron chi connectivity index (χ3n) is 15.9. The number of aliphatic carboxylic acids is 2. The summed E-state index contributed by atoms with van der Waals surface area (Å²) in [7, 11) is 0. The lowest BCUT2D eigenvalue weighted by Crippen LogP contribution is -2.12. The Balaban J connectivity index is 0.000000145. The van der Waals surface area contributed by atoms with Gasteiger partial charge in [-0.1, -0.05) is 127 Å². The molecule has 0 saturated heterocycles. The van der Waals surface area contributed by atoms with Crippen LogP contribution in [0.25, 0.3) is 65.4 Å². The van der Waals surface area contributed by atoms with Crippen LogP contribution in [0.1, 0.15) is 70.0 Å². The summed E-state index contributed by atoms with van der Waals surface area (Å²) in [5.41, 5.74) is 24.5. The van der Waals surface area contributed by atoms with Crippen LogP contribution in [0.4, 0.5) is 26.3 Å². The summed E-state index contributed by atoms with van der Waals surface area (Å²) in [5.74, 6) is -3.51. The average molecular weight is 1270 g/mol. The average Bonchev–Trinajstić information content (AvgIpc) is 1.60. The predicted molar refractivity (Wildman–Crippen MR) is 345 cm³/mol. The minimum absolute atomic E-state index is 0.0418. The van der Waals surface area contributed by atoms with E-state index in [4.69, 9.17) is 36.9 Å². The van der Waals surface area contributed by atoms with Crippen molar-refractivity contribution in [2.45, 2.75) is 38.4 Å². The largest absolute Gasteiger partial charge is 0.481 e. The molecule has 1 radical (unpaired) electrons. The number of aromatic nitrogens is 3. The van der Waals surface area contributed by atoms with E-state index in [2.05, 4.69) is 34.9 Å². The molecule has 10 aromatic carbocycles. The number of alkyl halides is 6. The van der Waals surface area contributed by atoms with Gasteiger partial charge in [-0.05, 0) is 125 Å². The highest BCUT2D eigenvalue weighted by atomic mass is 19.4. The van der Waals surface area contributed by atoms with Crippen molar-refractivity contribution in [2.75, 3.05) is 13.2 Å². The van der Waals surface area contributed by atoms with Gasteiger partial charge in [0.15, 0.2) is 13.2 Å². The quantitative estimate of drug-likeness (QED) is 0.0544. The molecular weight excluding hydrogens is 1220 g/mol. The molecular formula is C73H55F6N6O9. The van der Waals surface area contributed by atoms with E-state index in [9.17, 15) is 50.3 Å². The monoisotopic (exact) mass is 1270 g/mol. The number of carbonyl (C=O) groups is 5. The molecule has 0 saturated carbocycles. The smallest absolute Gasteiger partial charge is 0.416 e. The third kappa shape index (κ3) is 13.2. The predicted octanol–water partition coefficient (Wildman–Crippen LogP) is 14.2. The topological polar surface area (TPSA) is 237 Å². The summed E-state index contributed by atoms with van der Waals surface area (Å²) in [5, 5.41) is 21.7. The first-order valence-electron chi connectivity index (χ1n) is 29.1. The maximum Gasteiger partial charge on any atom is 0.416 e. The second-order valence-corrected chi connectivity index (χ2v) is 21.8. The minimum atomic E-state index is -4.54. The molecule has 0 aliphatic rings. The number of hydrogen-bond donors (Lipinski definition) is 5. The van der Waals surface area contributed by atoms with E-state index < -0.39 is 66.4 Å². The van der Waals surface area contributed by atoms with Crippen molar-refractivity contribution < 1.29 is 70.0 Å². The van der Waals surface area contributed by atoms with Gasteiger partial charge in [-0.3, -0.25) is 14.4 Å². The Kier molecular flexibility index (Phi) is 18.0. The first kappa shape index (κ1) is 63.7. The number of carboxylic acid groups (broad SMARTS) is 2. The minimum Gasteiger partial charge on any atom is -0.481 e. The third-order valence-corrected chi connectivity index (χ3v) is 15.9. The number of carbonyl (C=O) groups excluding carboxylic acids is 3. The molecule has 3 heterocycles. The summed E-state index contributed by atoms with van der Waals surface area (Å²) in [6.45, 7) is -0.455. The molecule has 21 heteroatoms. The van der Waals surface area contributed by atoms with Crippen molar-refractivity contribution in [1.29, 1.82) is 0 Å². The maximum atomic E-state index is 13.6. The first-order chi connectivity index (χ1) is 45.1. The lowest BCUT2D eigenvalue weighted by molar-refractivity contribution is -0.140. The van der Waals surface area contributed by atoms with Gasteiger partial charge in [0.05, 0.1) is 55.0 Å². The Morgan fingerprint density at radius 3 is 1.33 bits per heavy atom. The standard InChI is InChI=1S/C29H24N2O4.C23H17F3N2O4.C21H14F3N2O/c30-29(34)22-12-6-13-23-27(22)28-24(14-7-15-25(28)35-18-26(32)33)31(23)17-21-11-5-4-10-20(21)16-19-8-2-1-3-9-19;24-23(25,26)15-7-2-1-5-13(15)11-28-16-8-3-6-14(22(27)31)20(16)21-17(28)9-4-10-18(21)32-12-19(29)30;22-21(23,24)14-6-3-5-13(11-14)12-26-17-9-2-1-7-15(17)19-16(20(25)27)8-4-10-18(19)26/h1-15H,16-18H2,(H2,30,34)(H,32,33);1-10H,11-12H2,(H2,27,31)(H,29,30);1-6,8-11H,12H2,(H2,25,27). The Labute approximate surface area is 531 Å². The van der Waals surface area contributed by atoms with Crippen molar-refractivity contribution in [3.05, 3.63) is 274 Å². The number of nitrogens with two attached hydrogens (primary N) is 3. The Hall–Kier alpha value is -11.9. The molecule has 94 heavy (non-hydrogen) atoms.